The fraction of sp³-hybridized carbons (Fsp3) is 0.400. The molecular formula is C20H21ClFN3O3S. The highest BCUT2D eigenvalue weighted by molar-refractivity contribution is 7.17. The predicted octanol–water partition coefficient (Wildman–Crippen LogP) is 3.16. The maximum Gasteiger partial charge on any atom is 0.261 e. The first-order chi connectivity index (χ1) is 14.0. The molecule has 9 heteroatoms. The molecule has 0 aliphatic carbocycles. The SMILES string of the molecule is O=C(NC[C@@H]1CC(=O)N(c2ccc(N3CCOCC3)c(F)c2)C1)c1ccc(Cl)s1. The van der Waals surface area contributed by atoms with Gasteiger partial charge in [0, 0.05) is 44.2 Å². The van der Waals surface area contributed by atoms with E-state index < -0.39 is 0 Å². The number of amides is 2. The first kappa shape index (κ1) is 20.1. The van der Waals surface area contributed by atoms with Crippen LogP contribution in [-0.4, -0.2) is 51.2 Å². The molecule has 6 nitrogen and oxygen atoms in total. The van der Waals surface area contributed by atoms with Crippen molar-refractivity contribution in [1.29, 1.82) is 0 Å². The van der Waals surface area contributed by atoms with Gasteiger partial charge in [-0.15, -0.1) is 11.3 Å². The molecule has 0 bridgehead atoms. The van der Waals surface area contributed by atoms with Gasteiger partial charge in [-0.1, -0.05) is 11.6 Å². The highest BCUT2D eigenvalue weighted by Gasteiger charge is 2.31. The molecule has 0 saturated carbocycles. The summed E-state index contributed by atoms with van der Waals surface area (Å²) in [7, 11) is 0. The third-order valence-electron chi connectivity index (χ3n) is 5.15. The number of thiophene rings is 1. The highest BCUT2D eigenvalue weighted by atomic mass is 35.5. The van der Waals surface area contributed by atoms with Crippen LogP contribution < -0.4 is 15.1 Å². The van der Waals surface area contributed by atoms with Crippen molar-refractivity contribution in [2.24, 2.45) is 5.92 Å². The van der Waals surface area contributed by atoms with Crippen molar-refractivity contribution in [3.8, 4) is 0 Å². The topological polar surface area (TPSA) is 61.9 Å². The molecule has 2 saturated heterocycles. The Bertz CT molecular complexity index is 916. The van der Waals surface area contributed by atoms with Crippen LogP contribution in [0.1, 0.15) is 16.1 Å². The van der Waals surface area contributed by atoms with Gasteiger partial charge < -0.3 is 19.9 Å². The van der Waals surface area contributed by atoms with Crippen molar-refractivity contribution in [2.45, 2.75) is 6.42 Å². The molecule has 0 spiro atoms. The molecule has 4 rings (SSSR count). The molecule has 1 aromatic carbocycles. The van der Waals surface area contributed by atoms with E-state index >= 15 is 0 Å². The Labute approximate surface area is 177 Å². The number of rotatable bonds is 5. The average Bonchev–Trinajstić information content (AvgIpc) is 3.32. The van der Waals surface area contributed by atoms with Crippen LogP contribution in [0.4, 0.5) is 15.8 Å². The van der Waals surface area contributed by atoms with Gasteiger partial charge >= 0.3 is 0 Å². The first-order valence-corrected chi connectivity index (χ1v) is 10.7. The fourth-order valence-electron chi connectivity index (χ4n) is 3.65. The lowest BCUT2D eigenvalue weighted by Gasteiger charge is -2.29. The van der Waals surface area contributed by atoms with Gasteiger partial charge in [-0.05, 0) is 30.3 Å². The quantitative estimate of drug-likeness (QED) is 0.780. The zero-order valence-corrected chi connectivity index (χ0v) is 17.3. The standard InChI is InChI=1S/C20H21ClFN3O3S/c21-18-4-3-17(29-18)20(27)23-11-13-9-19(26)25(12-13)14-1-2-16(15(22)10-14)24-5-7-28-8-6-24/h1-4,10,13H,5-9,11-12H2,(H,23,27)/t13-/m0/s1. The molecule has 1 atom stereocenters. The van der Waals surface area contributed by atoms with E-state index in [2.05, 4.69) is 5.32 Å². The summed E-state index contributed by atoms with van der Waals surface area (Å²) in [5, 5.41) is 2.85. The molecule has 2 amide bonds. The molecule has 2 aromatic rings. The minimum atomic E-state index is -0.344. The molecule has 29 heavy (non-hydrogen) atoms. The number of carbonyl (C=O) groups is 2. The molecule has 0 radical (unpaired) electrons. The maximum atomic E-state index is 14.7. The first-order valence-electron chi connectivity index (χ1n) is 9.47. The van der Waals surface area contributed by atoms with E-state index in [0.717, 1.165) is 0 Å². The molecule has 1 N–H and O–H groups in total. The van der Waals surface area contributed by atoms with E-state index in [-0.39, 0.29) is 23.5 Å². The zero-order chi connectivity index (χ0) is 20.4. The number of anilines is 2. The lowest BCUT2D eigenvalue weighted by Crippen LogP contribution is -2.36. The summed E-state index contributed by atoms with van der Waals surface area (Å²) in [5.74, 6) is -0.636. The Kier molecular flexibility index (Phi) is 6.03. The second-order valence-electron chi connectivity index (χ2n) is 7.12. The molecule has 1 aromatic heterocycles. The number of morpholine rings is 1. The van der Waals surface area contributed by atoms with Gasteiger partial charge in [0.05, 0.1) is 28.1 Å². The summed E-state index contributed by atoms with van der Waals surface area (Å²) in [6.45, 7) is 3.28. The van der Waals surface area contributed by atoms with E-state index in [0.29, 0.717) is 66.4 Å². The van der Waals surface area contributed by atoms with Crippen LogP contribution in [0.5, 0.6) is 0 Å². The Hall–Kier alpha value is -2.16. The van der Waals surface area contributed by atoms with Crippen LogP contribution in [0, 0.1) is 11.7 Å². The Balaban J connectivity index is 1.37. The van der Waals surface area contributed by atoms with Crippen LogP contribution in [0.25, 0.3) is 0 Å². The maximum absolute atomic E-state index is 14.7. The minimum absolute atomic E-state index is 0.0242. The molecule has 154 valence electrons. The lowest BCUT2D eigenvalue weighted by molar-refractivity contribution is -0.117. The van der Waals surface area contributed by atoms with E-state index in [1.54, 1.807) is 29.2 Å². The number of hydrogen-bond acceptors (Lipinski definition) is 5. The fourth-order valence-corrected chi connectivity index (χ4v) is 4.61. The third-order valence-corrected chi connectivity index (χ3v) is 6.38. The van der Waals surface area contributed by atoms with Crippen LogP contribution >= 0.6 is 22.9 Å². The Morgan fingerprint density at radius 2 is 2.07 bits per heavy atom. The van der Waals surface area contributed by atoms with Gasteiger partial charge in [0.1, 0.15) is 5.82 Å². The van der Waals surface area contributed by atoms with E-state index in [4.69, 9.17) is 16.3 Å². The van der Waals surface area contributed by atoms with Crippen LogP contribution in [-0.2, 0) is 9.53 Å². The van der Waals surface area contributed by atoms with Crippen molar-refractivity contribution >= 4 is 46.1 Å². The van der Waals surface area contributed by atoms with Crippen molar-refractivity contribution < 1.29 is 18.7 Å². The average molecular weight is 438 g/mol. The number of nitrogens with one attached hydrogen (secondary N) is 1. The van der Waals surface area contributed by atoms with E-state index in [1.165, 1.54) is 17.4 Å². The van der Waals surface area contributed by atoms with E-state index in [1.807, 2.05) is 4.90 Å². The smallest absolute Gasteiger partial charge is 0.261 e. The number of carbonyl (C=O) groups excluding carboxylic acids is 2. The van der Waals surface area contributed by atoms with Gasteiger partial charge in [-0.25, -0.2) is 4.39 Å². The molecule has 0 unspecified atom stereocenters. The lowest BCUT2D eigenvalue weighted by atomic mass is 10.1. The van der Waals surface area contributed by atoms with Crippen LogP contribution in [0.2, 0.25) is 4.34 Å². The molecule has 2 aliphatic heterocycles. The summed E-state index contributed by atoms with van der Waals surface area (Å²) in [4.78, 5) is 28.7. The summed E-state index contributed by atoms with van der Waals surface area (Å²) in [6, 6.07) is 8.26. The second kappa shape index (κ2) is 8.69. The van der Waals surface area contributed by atoms with Gasteiger partial charge in [0.2, 0.25) is 5.91 Å². The highest BCUT2D eigenvalue weighted by Crippen LogP contribution is 2.30. The summed E-state index contributed by atoms with van der Waals surface area (Å²) >= 11 is 7.07. The minimum Gasteiger partial charge on any atom is -0.378 e. The van der Waals surface area contributed by atoms with Gasteiger partial charge in [0.15, 0.2) is 0 Å². The summed E-state index contributed by atoms with van der Waals surface area (Å²) in [6.07, 6.45) is 0.318. The number of benzene rings is 1. The van der Waals surface area contributed by atoms with Crippen molar-refractivity contribution in [3.05, 3.63) is 45.4 Å². The van der Waals surface area contributed by atoms with Gasteiger partial charge in [-0.3, -0.25) is 9.59 Å². The third kappa shape index (κ3) is 4.55. The largest absolute Gasteiger partial charge is 0.378 e. The predicted molar refractivity (Wildman–Crippen MR) is 112 cm³/mol. The van der Waals surface area contributed by atoms with E-state index in [9.17, 15) is 14.0 Å². The molecule has 3 heterocycles. The number of ether oxygens (including phenoxy) is 1. The summed E-state index contributed by atoms with van der Waals surface area (Å²) < 4.78 is 20.5. The normalized spacial score (nSPS) is 19.7. The number of halogens is 2. The van der Waals surface area contributed by atoms with Crippen molar-refractivity contribution in [3.63, 3.8) is 0 Å². The van der Waals surface area contributed by atoms with Crippen molar-refractivity contribution in [1.82, 2.24) is 5.32 Å². The Morgan fingerprint density at radius 1 is 1.28 bits per heavy atom. The second-order valence-corrected chi connectivity index (χ2v) is 8.84. The number of nitrogens with zero attached hydrogens (tertiary/aromatic N) is 2. The zero-order valence-electron chi connectivity index (χ0n) is 15.7. The summed E-state index contributed by atoms with van der Waals surface area (Å²) in [5.41, 5.74) is 1.07. The van der Waals surface area contributed by atoms with Gasteiger partial charge in [0.25, 0.3) is 5.91 Å². The van der Waals surface area contributed by atoms with Crippen LogP contribution in [0.3, 0.4) is 0 Å². The Morgan fingerprint density at radius 3 is 2.76 bits per heavy atom. The monoisotopic (exact) mass is 437 g/mol. The van der Waals surface area contributed by atoms with Gasteiger partial charge in [-0.2, -0.15) is 0 Å². The molecule has 2 aliphatic rings. The number of hydrogen-bond donors (Lipinski definition) is 1. The molecular weight excluding hydrogens is 417 g/mol. The van der Waals surface area contributed by atoms with Crippen LogP contribution in [0.15, 0.2) is 30.3 Å². The van der Waals surface area contributed by atoms with Crippen molar-refractivity contribution in [2.75, 3.05) is 49.2 Å². The molecule has 2 fully saturated rings.